The number of hydrogen-bond acceptors (Lipinski definition) is 0. The van der Waals surface area contributed by atoms with Crippen LogP contribution in [0.1, 0.15) is 108 Å². The first kappa shape index (κ1) is 11.1. The van der Waals surface area contributed by atoms with Gasteiger partial charge >= 0.3 is 0 Å². The lowest BCUT2D eigenvalue weighted by atomic mass is 10.0. The fraction of sp³-hybridized carbons (Fsp3) is 1.00. The van der Waals surface area contributed by atoms with Crippen LogP contribution >= 0.6 is 0 Å². The molecule has 0 aromatic rings. The standard InChI is InChI=1S/C16H34/c1-3-5-7-9-11-13-15-16-14-12-10-8-6-4-2/h3-16H2,1-2H3/i1D3. The zero-order chi connectivity index (χ0) is 14.4. The fourth-order valence-electron chi connectivity index (χ4n) is 2.14. The summed E-state index contributed by atoms with van der Waals surface area (Å²) in [6, 6.07) is 0. The molecule has 0 aliphatic heterocycles. The van der Waals surface area contributed by atoms with Crippen LogP contribution in [0, 0.1) is 0 Å². The molecule has 0 N–H and O–H groups in total. The normalized spacial score (nSPS) is 14.4. The second kappa shape index (κ2) is 15.0. The molecule has 0 aromatic heterocycles. The number of unbranched alkanes of at least 4 members (excludes halogenated alkanes) is 12. The zero-order valence-corrected chi connectivity index (χ0v) is 11.4. The molecule has 0 aliphatic carbocycles. The molecule has 0 radical (unpaired) electrons. The molecule has 98 valence electrons. The van der Waals surface area contributed by atoms with Gasteiger partial charge < -0.3 is 0 Å². The van der Waals surface area contributed by atoms with E-state index in [0.717, 1.165) is 12.8 Å². The Bertz CT molecular complexity index is 175. The molecule has 0 spiro atoms. The lowest BCUT2D eigenvalue weighted by molar-refractivity contribution is 0.538. The van der Waals surface area contributed by atoms with Gasteiger partial charge in [-0.05, 0) is 0 Å². The summed E-state index contributed by atoms with van der Waals surface area (Å²) in [5.41, 5.74) is 0. The summed E-state index contributed by atoms with van der Waals surface area (Å²) in [5.74, 6) is 0. The summed E-state index contributed by atoms with van der Waals surface area (Å²) in [4.78, 5) is 0. The van der Waals surface area contributed by atoms with E-state index in [-0.39, 0.29) is 0 Å². The molecule has 0 aromatic carbocycles. The molecule has 0 fully saturated rings. The third-order valence-electron chi connectivity index (χ3n) is 3.28. The average Bonchev–Trinajstić information content (AvgIpc) is 2.34. The van der Waals surface area contributed by atoms with Crippen LogP contribution in [-0.4, -0.2) is 0 Å². The predicted molar refractivity (Wildman–Crippen MR) is 76.0 cm³/mol. The van der Waals surface area contributed by atoms with E-state index in [1.165, 1.54) is 70.6 Å². The van der Waals surface area contributed by atoms with Gasteiger partial charge in [-0.1, -0.05) is 104 Å². The van der Waals surface area contributed by atoms with Crippen molar-refractivity contribution in [2.75, 3.05) is 0 Å². The molecule has 0 heterocycles. The van der Waals surface area contributed by atoms with Crippen molar-refractivity contribution in [3.05, 3.63) is 0 Å². The molecule has 0 nitrogen and oxygen atoms in total. The lowest BCUT2D eigenvalue weighted by Gasteiger charge is -2.02. The summed E-state index contributed by atoms with van der Waals surface area (Å²) >= 11 is 0. The Balaban J connectivity index is 2.99. The number of hydrogen-bond donors (Lipinski definition) is 0. The Morgan fingerprint density at radius 1 is 0.500 bits per heavy atom. The van der Waals surface area contributed by atoms with Crippen LogP contribution < -0.4 is 0 Å². The third kappa shape index (κ3) is 14.0. The summed E-state index contributed by atoms with van der Waals surface area (Å²) < 4.78 is 21.4. The van der Waals surface area contributed by atoms with Crippen molar-refractivity contribution in [2.24, 2.45) is 0 Å². The van der Waals surface area contributed by atoms with E-state index >= 15 is 0 Å². The molecular formula is C16H34. The molecule has 0 aliphatic rings. The van der Waals surface area contributed by atoms with Gasteiger partial charge in [-0.3, -0.25) is 0 Å². The van der Waals surface area contributed by atoms with Gasteiger partial charge in [-0.25, -0.2) is 0 Å². The first-order valence-electron chi connectivity index (χ1n) is 9.06. The average molecular weight is 229 g/mol. The Kier molecular flexibility index (Phi) is 10.4. The highest BCUT2D eigenvalue weighted by Gasteiger charge is 1.92. The second-order valence-corrected chi connectivity index (χ2v) is 4.99. The third-order valence-corrected chi connectivity index (χ3v) is 3.28. The molecule has 0 heteroatoms. The Morgan fingerprint density at radius 3 is 1.12 bits per heavy atom. The number of rotatable bonds is 13. The van der Waals surface area contributed by atoms with E-state index < -0.39 is 6.85 Å². The van der Waals surface area contributed by atoms with Gasteiger partial charge in [0.15, 0.2) is 0 Å². The van der Waals surface area contributed by atoms with Crippen LogP contribution in [0.3, 0.4) is 0 Å². The van der Waals surface area contributed by atoms with Crippen molar-refractivity contribution in [3.8, 4) is 0 Å². The summed E-state index contributed by atoms with van der Waals surface area (Å²) in [7, 11) is 0. The van der Waals surface area contributed by atoms with Crippen LogP contribution in [0.5, 0.6) is 0 Å². The lowest BCUT2D eigenvalue weighted by Crippen LogP contribution is -1.82. The van der Waals surface area contributed by atoms with Crippen molar-refractivity contribution in [1.29, 1.82) is 0 Å². The molecule has 0 bridgehead atoms. The van der Waals surface area contributed by atoms with E-state index in [9.17, 15) is 0 Å². The molecular weight excluding hydrogens is 192 g/mol. The predicted octanol–water partition coefficient (Wildman–Crippen LogP) is 6.49. The molecule has 0 amide bonds. The van der Waals surface area contributed by atoms with Crippen molar-refractivity contribution >= 4 is 0 Å². The van der Waals surface area contributed by atoms with Crippen molar-refractivity contribution in [1.82, 2.24) is 0 Å². The van der Waals surface area contributed by atoms with Gasteiger partial charge in [0.05, 0.1) is 0 Å². The van der Waals surface area contributed by atoms with Gasteiger partial charge in [-0.15, -0.1) is 0 Å². The van der Waals surface area contributed by atoms with E-state index in [2.05, 4.69) is 6.92 Å². The Morgan fingerprint density at radius 2 is 0.812 bits per heavy atom. The van der Waals surface area contributed by atoms with Crippen LogP contribution in [-0.2, 0) is 0 Å². The second-order valence-electron chi connectivity index (χ2n) is 4.99. The van der Waals surface area contributed by atoms with Crippen LogP contribution in [0.15, 0.2) is 0 Å². The first-order chi connectivity index (χ1) is 9.06. The Labute approximate surface area is 108 Å². The maximum Gasteiger partial charge on any atom is 0.0230 e. The minimum Gasteiger partial charge on any atom is -0.0654 e. The highest BCUT2D eigenvalue weighted by Crippen LogP contribution is 2.12. The summed E-state index contributed by atoms with van der Waals surface area (Å²) in [5, 5.41) is 0. The molecule has 0 rings (SSSR count). The van der Waals surface area contributed by atoms with Gasteiger partial charge in [0, 0.05) is 4.11 Å². The quantitative estimate of drug-likeness (QED) is 0.317. The monoisotopic (exact) mass is 229 g/mol. The fourth-order valence-corrected chi connectivity index (χ4v) is 2.14. The van der Waals surface area contributed by atoms with Crippen LogP contribution in [0.2, 0.25) is 0 Å². The van der Waals surface area contributed by atoms with E-state index in [1.54, 1.807) is 0 Å². The van der Waals surface area contributed by atoms with Gasteiger partial charge in [0.1, 0.15) is 0 Å². The SMILES string of the molecule is [2H]C([2H])([2H])CCCCCCCCCCCCCCC. The van der Waals surface area contributed by atoms with Gasteiger partial charge in [0.25, 0.3) is 0 Å². The van der Waals surface area contributed by atoms with Gasteiger partial charge in [0.2, 0.25) is 0 Å². The van der Waals surface area contributed by atoms with Crippen molar-refractivity contribution < 1.29 is 4.11 Å². The van der Waals surface area contributed by atoms with E-state index in [0.29, 0.717) is 6.42 Å². The maximum absolute atomic E-state index is 7.12. The first-order valence-corrected chi connectivity index (χ1v) is 7.56. The Hall–Kier alpha value is 0. The highest BCUT2D eigenvalue weighted by atomic mass is 14.0. The summed E-state index contributed by atoms with van der Waals surface area (Å²) in [6.07, 6.45) is 17.3. The smallest absolute Gasteiger partial charge is 0.0230 e. The highest BCUT2D eigenvalue weighted by molar-refractivity contribution is 4.48. The zero-order valence-electron chi connectivity index (χ0n) is 14.4. The molecule has 0 atom stereocenters. The van der Waals surface area contributed by atoms with Gasteiger partial charge in [-0.2, -0.15) is 0 Å². The van der Waals surface area contributed by atoms with Crippen molar-refractivity contribution in [3.63, 3.8) is 0 Å². The molecule has 0 saturated heterocycles. The van der Waals surface area contributed by atoms with Crippen molar-refractivity contribution in [2.45, 2.75) is 104 Å². The minimum absolute atomic E-state index is 0.394. The summed E-state index contributed by atoms with van der Waals surface area (Å²) in [6.45, 7) is 0.551. The molecule has 0 saturated carbocycles. The van der Waals surface area contributed by atoms with Crippen LogP contribution in [0.25, 0.3) is 0 Å². The molecule has 0 unspecified atom stereocenters. The van der Waals surface area contributed by atoms with E-state index in [4.69, 9.17) is 4.11 Å². The maximum atomic E-state index is 7.12. The topological polar surface area (TPSA) is 0 Å². The van der Waals surface area contributed by atoms with Crippen LogP contribution in [0.4, 0.5) is 0 Å². The molecule has 16 heavy (non-hydrogen) atoms. The van der Waals surface area contributed by atoms with E-state index in [1.807, 2.05) is 0 Å². The largest absolute Gasteiger partial charge is 0.0654 e. The minimum atomic E-state index is -1.71.